The van der Waals surface area contributed by atoms with E-state index in [1.807, 2.05) is 13.8 Å². The predicted octanol–water partition coefficient (Wildman–Crippen LogP) is 4.68. The molecule has 1 saturated heterocycles. The molecular formula is C16H24Cl2F4N2. The lowest BCUT2D eigenvalue weighted by Gasteiger charge is -2.39. The summed E-state index contributed by atoms with van der Waals surface area (Å²) in [5, 5.41) is 3.21. The first-order chi connectivity index (χ1) is 10.3. The van der Waals surface area contributed by atoms with Crippen LogP contribution in [0.1, 0.15) is 37.4 Å². The van der Waals surface area contributed by atoms with Crippen molar-refractivity contribution in [3.8, 4) is 0 Å². The molecule has 0 radical (unpaired) electrons. The lowest BCUT2D eigenvalue weighted by Crippen LogP contribution is -2.47. The molecule has 0 amide bonds. The number of piperazine rings is 1. The van der Waals surface area contributed by atoms with E-state index in [0.29, 0.717) is 19.2 Å². The van der Waals surface area contributed by atoms with Gasteiger partial charge in [0.15, 0.2) is 0 Å². The van der Waals surface area contributed by atoms with Crippen LogP contribution in [-0.2, 0) is 6.18 Å². The van der Waals surface area contributed by atoms with E-state index >= 15 is 0 Å². The number of hydrogen-bond acceptors (Lipinski definition) is 2. The van der Waals surface area contributed by atoms with Crippen LogP contribution in [0, 0.1) is 11.7 Å². The lowest BCUT2D eigenvalue weighted by atomic mass is 9.87. The summed E-state index contributed by atoms with van der Waals surface area (Å²) in [6, 6.07) is 2.70. The van der Waals surface area contributed by atoms with Crippen LogP contribution < -0.4 is 5.32 Å². The molecule has 1 unspecified atom stereocenters. The van der Waals surface area contributed by atoms with E-state index in [9.17, 15) is 17.6 Å². The molecule has 1 aliphatic rings. The van der Waals surface area contributed by atoms with Crippen LogP contribution in [0.25, 0.3) is 0 Å². The summed E-state index contributed by atoms with van der Waals surface area (Å²) in [7, 11) is 0. The van der Waals surface area contributed by atoms with Gasteiger partial charge in [0.2, 0.25) is 0 Å². The van der Waals surface area contributed by atoms with E-state index in [1.165, 1.54) is 6.07 Å². The summed E-state index contributed by atoms with van der Waals surface area (Å²) in [6.45, 7) is 6.84. The van der Waals surface area contributed by atoms with Gasteiger partial charge < -0.3 is 5.32 Å². The first-order valence-corrected chi connectivity index (χ1v) is 7.66. The van der Waals surface area contributed by atoms with Gasteiger partial charge >= 0.3 is 6.18 Å². The normalized spacial score (nSPS) is 18.2. The number of nitrogens with zero attached hydrogens (tertiary/aromatic N) is 1. The molecule has 0 saturated carbocycles. The number of benzene rings is 1. The van der Waals surface area contributed by atoms with E-state index in [-0.39, 0.29) is 42.3 Å². The molecule has 1 aromatic carbocycles. The zero-order valence-electron chi connectivity index (χ0n) is 13.7. The van der Waals surface area contributed by atoms with Crippen molar-refractivity contribution in [2.45, 2.75) is 32.5 Å². The second kappa shape index (κ2) is 9.80. The molecule has 0 aliphatic carbocycles. The maximum atomic E-state index is 13.3. The topological polar surface area (TPSA) is 15.3 Å². The van der Waals surface area contributed by atoms with Crippen molar-refractivity contribution in [3.05, 3.63) is 35.1 Å². The SMILES string of the molecule is CCC(C)[C@H](c1ccc(F)cc1C(F)(F)F)N1CCNCC1.Cl.Cl. The van der Waals surface area contributed by atoms with Crippen LogP contribution in [0.4, 0.5) is 17.6 Å². The maximum Gasteiger partial charge on any atom is 0.416 e. The van der Waals surface area contributed by atoms with Crippen LogP contribution in [0.15, 0.2) is 18.2 Å². The Balaban J connectivity index is 0.00000264. The summed E-state index contributed by atoms with van der Waals surface area (Å²) in [5.74, 6) is -0.788. The number of rotatable bonds is 4. The Kier molecular flexibility index (Phi) is 9.57. The van der Waals surface area contributed by atoms with Gasteiger partial charge in [0, 0.05) is 32.2 Å². The van der Waals surface area contributed by atoms with Crippen molar-refractivity contribution in [3.63, 3.8) is 0 Å². The Labute approximate surface area is 152 Å². The summed E-state index contributed by atoms with van der Waals surface area (Å²) in [6.07, 6.45) is -3.78. The van der Waals surface area contributed by atoms with Gasteiger partial charge in [-0.3, -0.25) is 4.90 Å². The molecule has 2 atom stereocenters. The fraction of sp³-hybridized carbons (Fsp3) is 0.625. The molecule has 140 valence electrons. The summed E-state index contributed by atoms with van der Waals surface area (Å²) >= 11 is 0. The van der Waals surface area contributed by atoms with Crippen LogP contribution in [0.5, 0.6) is 0 Å². The van der Waals surface area contributed by atoms with Crippen LogP contribution >= 0.6 is 24.8 Å². The first kappa shape index (κ1) is 23.4. The minimum absolute atomic E-state index is 0. The second-order valence-electron chi connectivity index (χ2n) is 5.85. The third kappa shape index (κ3) is 5.48. The fourth-order valence-electron chi connectivity index (χ4n) is 3.08. The van der Waals surface area contributed by atoms with Gasteiger partial charge in [-0.1, -0.05) is 26.3 Å². The Morgan fingerprint density at radius 3 is 2.25 bits per heavy atom. The highest BCUT2D eigenvalue weighted by Gasteiger charge is 2.38. The molecule has 2 nitrogen and oxygen atoms in total. The molecule has 1 heterocycles. The molecule has 24 heavy (non-hydrogen) atoms. The van der Waals surface area contributed by atoms with Gasteiger partial charge in [-0.2, -0.15) is 13.2 Å². The van der Waals surface area contributed by atoms with E-state index in [0.717, 1.165) is 25.6 Å². The minimum Gasteiger partial charge on any atom is -0.314 e. The average molecular weight is 391 g/mol. The molecule has 1 aromatic rings. The third-order valence-corrected chi connectivity index (χ3v) is 4.37. The molecule has 8 heteroatoms. The molecule has 1 aliphatic heterocycles. The first-order valence-electron chi connectivity index (χ1n) is 7.66. The van der Waals surface area contributed by atoms with Crippen molar-refractivity contribution < 1.29 is 17.6 Å². The molecule has 1 N–H and O–H groups in total. The molecule has 0 aromatic heterocycles. The highest BCUT2D eigenvalue weighted by Crippen LogP contribution is 2.40. The van der Waals surface area contributed by atoms with Crippen molar-refractivity contribution in [2.75, 3.05) is 26.2 Å². The van der Waals surface area contributed by atoms with Crippen LogP contribution in [-0.4, -0.2) is 31.1 Å². The summed E-state index contributed by atoms with van der Waals surface area (Å²) in [5.41, 5.74) is -0.665. The van der Waals surface area contributed by atoms with Crippen molar-refractivity contribution in [1.29, 1.82) is 0 Å². The molecule has 2 rings (SSSR count). The lowest BCUT2D eigenvalue weighted by molar-refractivity contribution is -0.139. The molecule has 0 spiro atoms. The van der Waals surface area contributed by atoms with E-state index < -0.39 is 17.6 Å². The Bertz CT molecular complexity index is 505. The van der Waals surface area contributed by atoms with Gasteiger partial charge in [-0.25, -0.2) is 4.39 Å². The number of nitrogens with one attached hydrogen (secondary N) is 1. The van der Waals surface area contributed by atoms with Crippen molar-refractivity contribution >= 4 is 24.8 Å². The second-order valence-corrected chi connectivity index (χ2v) is 5.85. The summed E-state index contributed by atoms with van der Waals surface area (Å²) < 4.78 is 53.3. The standard InChI is InChI=1S/C16H22F4N2.2ClH/c1-3-11(2)15(22-8-6-21-7-9-22)13-5-4-12(17)10-14(13)16(18,19)20;;/h4-5,10-11,15,21H,3,6-9H2,1-2H3;2*1H/t11?,15-;;/m1../s1. The zero-order valence-corrected chi connectivity index (χ0v) is 15.3. The maximum absolute atomic E-state index is 13.3. The van der Waals surface area contributed by atoms with Gasteiger partial charge in [0.05, 0.1) is 5.56 Å². The highest BCUT2D eigenvalue weighted by atomic mass is 35.5. The fourth-order valence-corrected chi connectivity index (χ4v) is 3.08. The molecular weight excluding hydrogens is 367 g/mol. The van der Waals surface area contributed by atoms with E-state index in [2.05, 4.69) is 10.2 Å². The van der Waals surface area contributed by atoms with Gasteiger partial charge in [-0.15, -0.1) is 24.8 Å². The van der Waals surface area contributed by atoms with Crippen LogP contribution in [0.3, 0.4) is 0 Å². The predicted molar refractivity (Wildman–Crippen MR) is 92.5 cm³/mol. The quantitative estimate of drug-likeness (QED) is 0.750. The number of halogens is 6. The van der Waals surface area contributed by atoms with Gasteiger partial charge in [0.1, 0.15) is 5.82 Å². The van der Waals surface area contributed by atoms with E-state index in [1.54, 1.807) is 0 Å². The molecule has 1 fully saturated rings. The van der Waals surface area contributed by atoms with Crippen molar-refractivity contribution in [2.24, 2.45) is 5.92 Å². The summed E-state index contributed by atoms with van der Waals surface area (Å²) in [4.78, 5) is 2.08. The monoisotopic (exact) mass is 390 g/mol. The third-order valence-electron chi connectivity index (χ3n) is 4.37. The minimum atomic E-state index is -4.54. The molecule has 0 bridgehead atoms. The largest absolute Gasteiger partial charge is 0.416 e. The number of hydrogen-bond donors (Lipinski definition) is 1. The van der Waals surface area contributed by atoms with E-state index in [4.69, 9.17) is 0 Å². The number of alkyl halides is 3. The van der Waals surface area contributed by atoms with Crippen molar-refractivity contribution in [1.82, 2.24) is 10.2 Å². The van der Waals surface area contributed by atoms with Crippen LogP contribution in [0.2, 0.25) is 0 Å². The highest BCUT2D eigenvalue weighted by molar-refractivity contribution is 5.85. The Morgan fingerprint density at radius 2 is 1.75 bits per heavy atom. The Hall–Kier alpha value is -0.560. The van der Waals surface area contributed by atoms with Gasteiger partial charge in [-0.05, 0) is 23.6 Å². The zero-order chi connectivity index (χ0) is 16.3. The smallest absolute Gasteiger partial charge is 0.314 e. The Morgan fingerprint density at radius 1 is 1.17 bits per heavy atom. The van der Waals surface area contributed by atoms with Gasteiger partial charge in [0.25, 0.3) is 0 Å². The average Bonchev–Trinajstić information content (AvgIpc) is 2.48.